The van der Waals surface area contributed by atoms with Gasteiger partial charge in [0.05, 0.1) is 23.4 Å². The molecular formula is C14H18N4O. The lowest BCUT2D eigenvalue weighted by Crippen LogP contribution is -2.39. The van der Waals surface area contributed by atoms with Crippen LogP contribution in [0.5, 0.6) is 0 Å². The number of rotatable bonds is 3. The zero-order chi connectivity index (χ0) is 13.2. The van der Waals surface area contributed by atoms with E-state index in [2.05, 4.69) is 15.6 Å². The summed E-state index contributed by atoms with van der Waals surface area (Å²) in [5.74, 6) is 0.0959. The average molecular weight is 258 g/mol. The minimum atomic E-state index is -0.0152. The molecular weight excluding hydrogens is 240 g/mol. The molecule has 0 radical (unpaired) electrons. The quantitative estimate of drug-likeness (QED) is 0.861. The zero-order valence-electron chi connectivity index (χ0n) is 11.0. The summed E-state index contributed by atoms with van der Waals surface area (Å²) in [6.45, 7) is 1.50. The average Bonchev–Trinajstić information content (AvgIpc) is 3.06. The van der Waals surface area contributed by atoms with Crippen molar-refractivity contribution in [1.82, 2.24) is 20.2 Å². The second kappa shape index (κ2) is 5.01. The van der Waals surface area contributed by atoms with E-state index in [0.717, 1.165) is 36.0 Å². The van der Waals surface area contributed by atoms with Crippen LogP contribution in [0.25, 0.3) is 11.0 Å². The number of benzene rings is 1. The molecule has 0 bridgehead atoms. The fourth-order valence-corrected chi connectivity index (χ4v) is 2.51. The monoisotopic (exact) mass is 258 g/mol. The lowest BCUT2D eigenvalue weighted by Gasteiger charge is -2.11. The van der Waals surface area contributed by atoms with Gasteiger partial charge in [-0.15, -0.1) is 0 Å². The third kappa shape index (κ3) is 2.46. The molecule has 1 atom stereocenters. The van der Waals surface area contributed by atoms with Gasteiger partial charge >= 0.3 is 0 Å². The molecule has 1 aromatic carbocycles. The summed E-state index contributed by atoms with van der Waals surface area (Å²) in [4.78, 5) is 16.2. The van der Waals surface area contributed by atoms with E-state index in [1.54, 1.807) is 6.33 Å². The van der Waals surface area contributed by atoms with Gasteiger partial charge in [-0.1, -0.05) is 6.07 Å². The van der Waals surface area contributed by atoms with E-state index < -0.39 is 0 Å². The standard InChI is InChI=1S/C14H18N4O/c1-18-9-17-12-7-10(4-5-13(12)18)8-16-14(19)11-3-2-6-15-11/h4-5,7,9,11,15H,2-3,6,8H2,1H3,(H,16,19). The summed E-state index contributed by atoms with van der Waals surface area (Å²) in [5.41, 5.74) is 3.15. The molecule has 3 rings (SSSR count). The largest absolute Gasteiger partial charge is 0.351 e. The smallest absolute Gasteiger partial charge is 0.237 e. The van der Waals surface area contributed by atoms with Gasteiger partial charge in [0.15, 0.2) is 0 Å². The number of aromatic nitrogens is 2. The number of nitrogens with one attached hydrogen (secondary N) is 2. The highest BCUT2D eigenvalue weighted by atomic mass is 16.2. The van der Waals surface area contributed by atoms with Crippen molar-refractivity contribution in [3.63, 3.8) is 0 Å². The van der Waals surface area contributed by atoms with Crippen LogP contribution >= 0.6 is 0 Å². The molecule has 1 fully saturated rings. The van der Waals surface area contributed by atoms with Crippen LogP contribution in [0.4, 0.5) is 0 Å². The van der Waals surface area contributed by atoms with E-state index in [1.165, 1.54) is 0 Å². The maximum atomic E-state index is 11.9. The van der Waals surface area contributed by atoms with Gasteiger partial charge in [-0.05, 0) is 37.1 Å². The SMILES string of the molecule is Cn1cnc2cc(CNC(=O)C3CCCN3)ccc21. The zero-order valence-corrected chi connectivity index (χ0v) is 11.0. The Morgan fingerprint density at radius 1 is 1.58 bits per heavy atom. The van der Waals surface area contributed by atoms with Crippen LogP contribution in [0.1, 0.15) is 18.4 Å². The fourth-order valence-electron chi connectivity index (χ4n) is 2.51. The second-order valence-corrected chi connectivity index (χ2v) is 5.05. The van der Waals surface area contributed by atoms with Gasteiger partial charge in [0.2, 0.25) is 5.91 Å². The molecule has 5 nitrogen and oxygen atoms in total. The second-order valence-electron chi connectivity index (χ2n) is 5.05. The number of carbonyl (C=O) groups excluding carboxylic acids is 1. The number of aryl methyl sites for hydroxylation is 1. The highest BCUT2D eigenvalue weighted by Crippen LogP contribution is 2.14. The van der Waals surface area contributed by atoms with Crippen LogP contribution in [0.2, 0.25) is 0 Å². The van der Waals surface area contributed by atoms with Crippen LogP contribution in [0, 0.1) is 0 Å². The van der Waals surface area contributed by atoms with E-state index in [1.807, 2.05) is 29.8 Å². The molecule has 5 heteroatoms. The Morgan fingerprint density at radius 3 is 3.26 bits per heavy atom. The highest BCUT2D eigenvalue weighted by Gasteiger charge is 2.21. The number of carbonyl (C=O) groups is 1. The third-order valence-corrected chi connectivity index (χ3v) is 3.63. The first kappa shape index (κ1) is 12.2. The number of nitrogens with zero attached hydrogens (tertiary/aromatic N) is 2. The topological polar surface area (TPSA) is 59.0 Å². The molecule has 19 heavy (non-hydrogen) atoms. The van der Waals surface area contributed by atoms with Crippen molar-refractivity contribution in [3.8, 4) is 0 Å². The first-order chi connectivity index (χ1) is 9.24. The Balaban J connectivity index is 1.66. The van der Waals surface area contributed by atoms with Crippen molar-refractivity contribution in [3.05, 3.63) is 30.1 Å². The van der Waals surface area contributed by atoms with Crippen molar-refractivity contribution in [2.45, 2.75) is 25.4 Å². The van der Waals surface area contributed by atoms with Crippen LogP contribution in [-0.4, -0.2) is 28.0 Å². The molecule has 0 aliphatic carbocycles. The minimum Gasteiger partial charge on any atom is -0.351 e. The van der Waals surface area contributed by atoms with Gasteiger partial charge in [-0.3, -0.25) is 4.79 Å². The highest BCUT2D eigenvalue weighted by molar-refractivity contribution is 5.82. The number of fused-ring (bicyclic) bond motifs is 1. The maximum absolute atomic E-state index is 11.9. The molecule has 0 saturated carbocycles. The predicted molar refractivity (Wildman–Crippen MR) is 73.6 cm³/mol. The normalized spacial score (nSPS) is 18.9. The van der Waals surface area contributed by atoms with Crippen molar-refractivity contribution in [2.75, 3.05) is 6.54 Å². The maximum Gasteiger partial charge on any atom is 0.237 e. The van der Waals surface area contributed by atoms with Crippen LogP contribution < -0.4 is 10.6 Å². The van der Waals surface area contributed by atoms with E-state index in [4.69, 9.17) is 0 Å². The molecule has 1 amide bonds. The molecule has 1 saturated heterocycles. The Hall–Kier alpha value is -1.88. The Morgan fingerprint density at radius 2 is 2.47 bits per heavy atom. The first-order valence-electron chi connectivity index (χ1n) is 6.65. The summed E-state index contributed by atoms with van der Waals surface area (Å²) in [6, 6.07) is 6.08. The van der Waals surface area contributed by atoms with E-state index in [0.29, 0.717) is 6.54 Å². The van der Waals surface area contributed by atoms with Crippen LogP contribution in [0.15, 0.2) is 24.5 Å². The molecule has 100 valence electrons. The van der Waals surface area contributed by atoms with Crippen molar-refractivity contribution < 1.29 is 4.79 Å². The van der Waals surface area contributed by atoms with Crippen molar-refractivity contribution >= 4 is 16.9 Å². The molecule has 2 heterocycles. The van der Waals surface area contributed by atoms with Gasteiger partial charge in [0.25, 0.3) is 0 Å². The Kier molecular flexibility index (Phi) is 3.21. The molecule has 1 aliphatic heterocycles. The lowest BCUT2D eigenvalue weighted by atomic mass is 10.2. The summed E-state index contributed by atoms with van der Waals surface area (Å²) in [5, 5.41) is 6.17. The number of imidazole rings is 1. The Bertz CT molecular complexity index is 599. The predicted octanol–water partition coefficient (Wildman–Crippen LogP) is 0.941. The molecule has 1 aliphatic rings. The fraction of sp³-hybridized carbons (Fsp3) is 0.429. The molecule has 0 spiro atoms. The molecule has 1 aromatic heterocycles. The first-order valence-corrected chi connectivity index (χ1v) is 6.65. The molecule has 2 aromatic rings. The van der Waals surface area contributed by atoms with Gasteiger partial charge in [-0.25, -0.2) is 4.98 Å². The minimum absolute atomic E-state index is 0.0152. The summed E-state index contributed by atoms with van der Waals surface area (Å²) in [7, 11) is 1.97. The summed E-state index contributed by atoms with van der Waals surface area (Å²) in [6.07, 6.45) is 3.82. The van der Waals surface area contributed by atoms with Crippen molar-refractivity contribution in [2.24, 2.45) is 7.05 Å². The van der Waals surface area contributed by atoms with E-state index in [-0.39, 0.29) is 11.9 Å². The lowest BCUT2D eigenvalue weighted by molar-refractivity contribution is -0.122. The number of amides is 1. The van der Waals surface area contributed by atoms with Gasteiger partial charge in [0.1, 0.15) is 0 Å². The summed E-state index contributed by atoms with van der Waals surface area (Å²) >= 11 is 0. The Labute approximate surface area is 112 Å². The van der Waals surface area contributed by atoms with Gasteiger partial charge in [-0.2, -0.15) is 0 Å². The van der Waals surface area contributed by atoms with Gasteiger partial charge < -0.3 is 15.2 Å². The molecule has 2 N–H and O–H groups in total. The van der Waals surface area contributed by atoms with E-state index >= 15 is 0 Å². The van der Waals surface area contributed by atoms with Gasteiger partial charge in [0, 0.05) is 13.6 Å². The van der Waals surface area contributed by atoms with Crippen LogP contribution in [0.3, 0.4) is 0 Å². The number of hydrogen-bond acceptors (Lipinski definition) is 3. The third-order valence-electron chi connectivity index (χ3n) is 3.63. The number of hydrogen-bond donors (Lipinski definition) is 2. The van der Waals surface area contributed by atoms with Crippen molar-refractivity contribution in [1.29, 1.82) is 0 Å². The molecule has 1 unspecified atom stereocenters. The van der Waals surface area contributed by atoms with Crippen LogP contribution in [-0.2, 0) is 18.4 Å². The summed E-state index contributed by atoms with van der Waals surface area (Å²) < 4.78 is 1.99. The van der Waals surface area contributed by atoms with E-state index in [9.17, 15) is 4.79 Å².